The van der Waals surface area contributed by atoms with Crippen LogP contribution in [0.1, 0.15) is 452 Å². The summed E-state index contributed by atoms with van der Waals surface area (Å²) in [6, 6.07) is 0. The lowest BCUT2D eigenvalue weighted by Crippen LogP contribution is -2.30. The molecule has 0 aromatic carbocycles. The summed E-state index contributed by atoms with van der Waals surface area (Å²) in [5.74, 6) is -0.549. The molecule has 0 spiro atoms. The number of carbonyl (C=O) groups excluding carboxylic acids is 4. The largest absolute Gasteiger partial charge is 0.472 e. The Morgan fingerprint density at radius 1 is 0.279 bits per heavy atom. The van der Waals surface area contributed by atoms with E-state index in [1.54, 1.807) is 0 Å². The molecule has 0 saturated heterocycles. The van der Waals surface area contributed by atoms with E-state index < -0.39 is 97.5 Å². The lowest BCUT2D eigenvalue weighted by Gasteiger charge is -2.21. The first-order valence-electron chi connectivity index (χ1n) is 44.0. The van der Waals surface area contributed by atoms with Gasteiger partial charge >= 0.3 is 39.5 Å². The fraction of sp³-hybridized carbons (Fsp3) is 0.953. The highest BCUT2D eigenvalue weighted by Gasteiger charge is 2.30. The average Bonchev–Trinajstić information content (AvgIpc) is 0.922. The molecular weight excluding hydrogens is 1350 g/mol. The number of ether oxygens (including phenoxy) is 4. The molecule has 19 heteroatoms. The van der Waals surface area contributed by atoms with Gasteiger partial charge in [-0.2, -0.15) is 0 Å². The van der Waals surface area contributed by atoms with Crippen molar-refractivity contribution >= 4 is 39.5 Å². The summed E-state index contributed by atoms with van der Waals surface area (Å²) >= 11 is 0. The Kier molecular flexibility index (Phi) is 75.0. The highest BCUT2D eigenvalue weighted by atomic mass is 31.2. The maximum atomic E-state index is 13.1. The van der Waals surface area contributed by atoms with Crippen molar-refractivity contribution in [1.29, 1.82) is 0 Å². The summed E-state index contributed by atoms with van der Waals surface area (Å²) in [5.41, 5.74) is 0. The van der Waals surface area contributed by atoms with Crippen LogP contribution in [0.4, 0.5) is 0 Å². The first-order valence-corrected chi connectivity index (χ1v) is 47.0. The highest BCUT2D eigenvalue weighted by molar-refractivity contribution is 7.47. The molecule has 0 aromatic rings. The minimum absolute atomic E-state index is 0.107. The smallest absolute Gasteiger partial charge is 0.462 e. The Hall–Kier alpha value is -1.94. The maximum absolute atomic E-state index is 13.1. The summed E-state index contributed by atoms with van der Waals surface area (Å²) in [6.07, 6.45) is 68.0. The van der Waals surface area contributed by atoms with Crippen LogP contribution < -0.4 is 0 Å². The van der Waals surface area contributed by atoms with Crippen LogP contribution in [0, 0.1) is 11.8 Å². The van der Waals surface area contributed by atoms with Crippen LogP contribution in [-0.4, -0.2) is 96.7 Å². The molecule has 0 bridgehead atoms. The number of aliphatic hydroxyl groups is 1. The minimum Gasteiger partial charge on any atom is -0.462 e. The van der Waals surface area contributed by atoms with Gasteiger partial charge in [0.15, 0.2) is 12.2 Å². The third-order valence-electron chi connectivity index (χ3n) is 20.3. The van der Waals surface area contributed by atoms with Gasteiger partial charge in [-0.15, -0.1) is 0 Å². The lowest BCUT2D eigenvalue weighted by atomic mass is 9.99. The van der Waals surface area contributed by atoms with Gasteiger partial charge in [-0.05, 0) is 37.5 Å². The fourth-order valence-electron chi connectivity index (χ4n) is 13.2. The number of hydrogen-bond acceptors (Lipinski definition) is 15. The first kappa shape index (κ1) is 102. The van der Waals surface area contributed by atoms with Gasteiger partial charge in [0.25, 0.3) is 0 Å². The molecule has 3 N–H and O–H groups in total. The predicted octanol–water partition coefficient (Wildman–Crippen LogP) is 25.8. The second-order valence-electron chi connectivity index (χ2n) is 31.3. The van der Waals surface area contributed by atoms with Crippen LogP contribution in [0.15, 0.2) is 0 Å². The molecule has 0 aliphatic rings. The normalized spacial score (nSPS) is 14.1. The maximum Gasteiger partial charge on any atom is 0.472 e. The molecule has 6 atom stereocenters. The number of phosphoric acid groups is 2. The van der Waals surface area contributed by atoms with Gasteiger partial charge in [0.05, 0.1) is 26.4 Å². The standard InChI is InChI=1S/C85H166O17P2/c1-7-10-12-14-16-18-20-22-24-26-27-28-29-30-32-34-39-43-51-57-63-69-84(89)101-80(73-95-82(87)67-61-55-49-42-38-33-31-25-23-21-19-17-15-13-11-8-2)75-99-103(91,92)97-71-79(86)72-98-104(93,94)100-76-81(74-96-83(88)68-62-56-50-46-45-48-54-60-66-78(6)9-3)102-85(90)70-64-58-52-44-40-36-35-37-41-47-53-59-65-77(4)5/h77-81,86H,7-76H2,1-6H3,(H,91,92)(H,93,94)/t78?,79-,80-,81-/m1/s1. The second kappa shape index (κ2) is 76.4. The predicted molar refractivity (Wildman–Crippen MR) is 428 cm³/mol. The van der Waals surface area contributed by atoms with Crippen molar-refractivity contribution in [2.75, 3.05) is 39.6 Å². The molecule has 0 saturated carbocycles. The molecule has 618 valence electrons. The quantitative estimate of drug-likeness (QED) is 0.0222. The van der Waals surface area contributed by atoms with Crippen molar-refractivity contribution in [2.24, 2.45) is 11.8 Å². The van der Waals surface area contributed by atoms with Crippen molar-refractivity contribution in [3.05, 3.63) is 0 Å². The summed E-state index contributed by atoms with van der Waals surface area (Å²) in [5, 5.41) is 10.7. The van der Waals surface area contributed by atoms with Crippen LogP contribution in [0.2, 0.25) is 0 Å². The van der Waals surface area contributed by atoms with Gasteiger partial charge in [0.2, 0.25) is 0 Å². The summed E-state index contributed by atoms with van der Waals surface area (Å²) in [4.78, 5) is 73.2. The third kappa shape index (κ3) is 76.8. The molecule has 0 rings (SSSR count). The third-order valence-corrected chi connectivity index (χ3v) is 22.2. The van der Waals surface area contributed by atoms with Crippen LogP contribution in [0.5, 0.6) is 0 Å². The first-order chi connectivity index (χ1) is 50.4. The number of rotatable bonds is 84. The van der Waals surface area contributed by atoms with Crippen molar-refractivity contribution in [3.8, 4) is 0 Å². The number of phosphoric ester groups is 2. The Bertz CT molecular complexity index is 2000. The summed E-state index contributed by atoms with van der Waals surface area (Å²) in [7, 11) is -9.93. The topological polar surface area (TPSA) is 237 Å². The van der Waals surface area contributed by atoms with Crippen LogP contribution in [-0.2, 0) is 65.4 Å². The Balaban J connectivity index is 5.25. The number of hydrogen-bond donors (Lipinski definition) is 3. The van der Waals surface area contributed by atoms with Crippen LogP contribution in [0.3, 0.4) is 0 Å². The molecule has 17 nitrogen and oxygen atoms in total. The van der Waals surface area contributed by atoms with E-state index in [0.717, 1.165) is 102 Å². The summed E-state index contributed by atoms with van der Waals surface area (Å²) < 4.78 is 68.9. The Morgan fingerprint density at radius 3 is 0.731 bits per heavy atom. The number of unbranched alkanes of at least 4 members (excludes halogenated alkanes) is 53. The molecular formula is C85H166O17P2. The zero-order valence-corrected chi connectivity index (χ0v) is 70.1. The fourth-order valence-corrected chi connectivity index (χ4v) is 14.8. The van der Waals surface area contributed by atoms with E-state index >= 15 is 0 Å². The van der Waals surface area contributed by atoms with Crippen LogP contribution in [0.25, 0.3) is 0 Å². The molecule has 0 fully saturated rings. The molecule has 0 aromatic heterocycles. The Labute approximate surface area is 638 Å². The molecule has 104 heavy (non-hydrogen) atoms. The molecule has 0 aliphatic heterocycles. The molecule has 3 unspecified atom stereocenters. The van der Waals surface area contributed by atoms with E-state index in [0.29, 0.717) is 25.7 Å². The molecule has 0 aliphatic carbocycles. The SMILES string of the molecule is CCCCCCCCCCCCCCCCCCCCCCCC(=O)O[C@H](COC(=O)CCCCCCCCCCCCCCCCCC)COP(=O)(O)OC[C@@H](O)COP(=O)(O)OC[C@@H](COC(=O)CCCCCCCCCCC(C)CC)OC(=O)CCCCCCCCCCCCCCC(C)C. The molecule has 0 radical (unpaired) electrons. The molecule has 0 heterocycles. The average molecular weight is 1520 g/mol. The lowest BCUT2D eigenvalue weighted by molar-refractivity contribution is -0.161. The van der Waals surface area contributed by atoms with Gasteiger partial charge in [-0.3, -0.25) is 37.3 Å². The Morgan fingerprint density at radius 2 is 0.490 bits per heavy atom. The van der Waals surface area contributed by atoms with Crippen molar-refractivity contribution in [1.82, 2.24) is 0 Å². The van der Waals surface area contributed by atoms with Crippen LogP contribution >= 0.6 is 15.6 Å². The van der Waals surface area contributed by atoms with Crippen molar-refractivity contribution < 1.29 is 80.2 Å². The molecule has 0 amide bonds. The van der Waals surface area contributed by atoms with Gasteiger partial charge in [-0.25, -0.2) is 9.13 Å². The van der Waals surface area contributed by atoms with Gasteiger partial charge < -0.3 is 33.8 Å². The zero-order chi connectivity index (χ0) is 76.4. The van der Waals surface area contributed by atoms with Crippen molar-refractivity contribution in [2.45, 2.75) is 471 Å². The van der Waals surface area contributed by atoms with E-state index in [4.69, 9.17) is 37.0 Å². The number of aliphatic hydroxyl groups excluding tert-OH is 1. The van der Waals surface area contributed by atoms with E-state index in [2.05, 4.69) is 41.5 Å². The van der Waals surface area contributed by atoms with E-state index in [1.807, 2.05) is 0 Å². The monoisotopic (exact) mass is 1520 g/mol. The van der Waals surface area contributed by atoms with E-state index in [9.17, 15) is 43.2 Å². The zero-order valence-electron chi connectivity index (χ0n) is 68.3. The second-order valence-corrected chi connectivity index (χ2v) is 34.2. The van der Waals surface area contributed by atoms with E-state index in [1.165, 1.54) is 270 Å². The van der Waals surface area contributed by atoms with E-state index in [-0.39, 0.29) is 25.7 Å². The summed E-state index contributed by atoms with van der Waals surface area (Å²) in [6.45, 7) is 9.68. The number of carbonyl (C=O) groups is 4. The van der Waals surface area contributed by atoms with Gasteiger partial charge in [-0.1, -0.05) is 401 Å². The van der Waals surface area contributed by atoms with Gasteiger partial charge in [0, 0.05) is 25.7 Å². The van der Waals surface area contributed by atoms with Crippen molar-refractivity contribution in [3.63, 3.8) is 0 Å². The highest BCUT2D eigenvalue weighted by Crippen LogP contribution is 2.45. The van der Waals surface area contributed by atoms with Gasteiger partial charge in [0.1, 0.15) is 19.3 Å². The number of esters is 4. The minimum atomic E-state index is -4.97.